The van der Waals surface area contributed by atoms with Gasteiger partial charge in [0, 0.05) is 19.2 Å². The zero-order chi connectivity index (χ0) is 17.4. The van der Waals surface area contributed by atoms with Crippen LogP contribution in [0.1, 0.15) is 29.2 Å². The normalized spacial score (nSPS) is 15.9. The Morgan fingerprint density at radius 1 is 1.16 bits per heavy atom. The maximum Gasteiger partial charge on any atom is 0.231 e. The smallest absolute Gasteiger partial charge is 0.231 e. The topological polar surface area (TPSA) is 68.4 Å². The third kappa shape index (κ3) is 3.30. The van der Waals surface area contributed by atoms with E-state index in [2.05, 4.69) is 25.2 Å². The van der Waals surface area contributed by atoms with Gasteiger partial charge < -0.3 is 9.64 Å². The summed E-state index contributed by atoms with van der Waals surface area (Å²) in [6.07, 6.45) is 2.20. The summed E-state index contributed by atoms with van der Waals surface area (Å²) in [5.41, 5.74) is 2.92. The van der Waals surface area contributed by atoms with Gasteiger partial charge in [0.1, 0.15) is 5.01 Å². The number of hydrogen-bond acceptors (Lipinski definition) is 7. The molecule has 8 heteroatoms. The van der Waals surface area contributed by atoms with Crippen LogP contribution in [0.25, 0.3) is 5.65 Å². The van der Waals surface area contributed by atoms with Crippen LogP contribution in [0.3, 0.4) is 0 Å². The van der Waals surface area contributed by atoms with Crippen LogP contribution in [0.5, 0.6) is 5.88 Å². The van der Waals surface area contributed by atoms with Gasteiger partial charge in [-0.3, -0.25) is 0 Å². The highest BCUT2D eigenvalue weighted by molar-refractivity contribution is 7.15. The van der Waals surface area contributed by atoms with Gasteiger partial charge in [0.05, 0.1) is 18.0 Å². The Morgan fingerprint density at radius 2 is 1.96 bits per heavy atom. The van der Waals surface area contributed by atoms with Gasteiger partial charge in [-0.05, 0) is 45.6 Å². The Morgan fingerprint density at radius 3 is 2.68 bits per heavy atom. The molecule has 1 aliphatic heterocycles. The van der Waals surface area contributed by atoms with Gasteiger partial charge in [-0.15, -0.1) is 15.3 Å². The average molecular weight is 358 g/mol. The Kier molecular flexibility index (Phi) is 4.29. The zero-order valence-corrected chi connectivity index (χ0v) is 15.6. The number of aromatic nitrogens is 5. The van der Waals surface area contributed by atoms with Crippen LogP contribution in [-0.4, -0.2) is 44.5 Å². The lowest BCUT2D eigenvalue weighted by atomic mass is 9.98. The van der Waals surface area contributed by atoms with E-state index in [9.17, 15) is 0 Å². The van der Waals surface area contributed by atoms with Crippen molar-refractivity contribution in [2.45, 2.75) is 33.6 Å². The predicted octanol–water partition coefficient (Wildman–Crippen LogP) is 2.80. The molecule has 3 aromatic rings. The van der Waals surface area contributed by atoms with Crippen molar-refractivity contribution in [1.82, 2.24) is 24.8 Å². The minimum absolute atomic E-state index is 0.549. The van der Waals surface area contributed by atoms with Crippen molar-refractivity contribution in [3.05, 3.63) is 28.5 Å². The molecule has 0 aliphatic carbocycles. The van der Waals surface area contributed by atoms with Crippen LogP contribution in [0.15, 0.2) is 12.1 Å². The molecular weight excluding hydrogens is 336 g/mol. The number of fused-ring (bicyclic) bond motifs is 1. The Labute approximate surface area is 150 Å². The predicted molar refractivity (Wildman–Crippen MR) is 97.5 cm³/mol. The standard InChI is InChI=1S/C17H22N6OS/c1-11-12(2)23-15(18-11)4-5-16(21-23)24-10-14-6-8-22(9-7-14)17-20-19-13(3)25-17/h4-5,14H,6-10H2,1-3H3. The third-order valence-electron chi connectivity index (χ3n) is 4.78. The van der Waals surface area contributed by atoms with Crippen LogP contribution in [0.2, 0.25) is 0 Å². The molecular formula is C17H22N6OS. The van der Waals surface area contributed by atoms with Crippen LogP contribution >= 0.6 is 11.3 Å². The van der Waals surface area contributed by atoms with Crippen molar-refractivity contribution in [3.63, 3.8) is 0 Å². The summed E-state index contributed by atoms with van der Waals surface area (Å²) in [5, 5.41) is 15.0. The molecule has 0 N–H and O–H groups in total. The molecule has 0 saturated carbocycles. The first-order chi connectivity index (χ1) is 12.1. The first-order valence-corrected chi connectivity index (χ1v) is 9.42. The maximum absolute atomic E-state index is 5.96. The van der Waals surface area contributed by atoms with Crippen LogP contribution < -0.4 is 9.64 Å². The molecule has 25 heavy (non-hydrogen) atoms. The van der Waals surface area contributed by atoms with Crippen molar-refractivity contribution < 1.29 is 4.74 Å². The highest BCUT2D eigenvalue weighted by Crippen LogP contribution is 2.26. The monoisotopic (exact) mass is 358 g/mol. The molecule has 0 aromatic carbocycles. The molecule has 0 spiro atoms. The minimum atomic E-state index is 0.549. The maximum atomic E-state index is 5.96. The van der Waals surface area contributed by atoms with E-state index in [0.717, 1.165) is 53.1 Å². The number of imidazole rings is 1. The van der Waals surface area contributed by atoms with E-state index >= 15 is 0 Å². The summed E-state index contributed by atoms with van der Waals surface area (Å²) in [6.45, 7) is 8.74. The van der Waals surface area contributed by atoms with Gasteiger partial charge in [0.25, 0.3) is 0 Å². The number of aryl methyl sites for hydroxylation is 3. The number of nitrogens with zero attached hydrogens (tertiary/aromatic N) is 6. The lowest BCUT2D eigenvalue weighted by Crippen LogP contribution is -2.35. The molecule has 4 heterocycles. The molecule has 1 aliphatic rings. The second kappa shape index (κ2) is 6.59. The molecule has 1 fully saturated rings. The Balaban J connectivity index is 1.34. The molecule has 7 nitrogen and oxygen atoms in total. The van der Waals surface area contributed by atoms with Gasteiger partial charge in [-0.1, -0.05) is 11.3 Å². The summed E-state index contributed by atoms with van der Waals surface area (Å²) in [5.74, 6) is 1.21. The highest BCUT2D eigenvalue weighted by atomic mass is 32.1. The van der Waals surface area contributed by atoms with Crippen LogP contribution in [0, 0.1) is 26.7 Å². The summed E-state index contributed by atoms with van der Waals surface area (Å²) < 4.78 is 7.81. The van der Waals surface area contributed by atoms with E-state index in [4.69, 9.17) is 4.74 Å². The second-order valence-corrected chi connectivity index (χ2v) is 7.73. The lowest BCUT2D eigenvalue weighted by molar-refractivity contribution is 0.213. The SMILES string of the molecule is Cc1nnc(N2CCC(COc3ccc4nc(C)c(C)n4n3)CC2)s1. The summed E-state index contributed by atoms with van der Waals surface area (Å²) >= 11 is 1.66. The molecule has 0 radical (unpaired) electrons. The first kappa shape index (κ1) is 16.3. The van der Waals surface area contributed by atoms with Gasteiger partial charge in [0.15, 0.2) is 5.65 Å². The van der Waals surface area contributed by atoms with Crippen molar-refractivity contribution in [2.75, 3.05) is 24.6 Å². The highest BCUT2D eigenvalue weighted by Gasteiger charge is 2.22. The molecule has 0 unspecified atom stereocenters. The second-order valence-electron chi connectivity index (χ2n) is 6.57. The van der Waals surface area contributed by atoms with E-state index in [1.54, 1.807) is 11.3 Å². The fourth-order valence-corrected chi connectivity index (χ4v) is 3.86. The van der Waals surface area contributed by atoms with E-state index in [1.807, 2.05) is 37.4 Å². The molecule has 0 amide bonds. The number of rotatable bonds is 4. The molecule has 4 rings (SSSR count). The van der Waals surface area contributed by atoms with Gasteiger partial charge in [-0.2, -0.15) is 0 Å². The average Bonchev–Trinajstić information content (AvgIpc) is 3.18. The summed E-state index contributed by atoms with van der Waals surface area (Å²) in [6, 6.07) is 3.86. The molecule has 132 valence electrons. The number of piperidine rings is 1. The minimum Gasteiger partial charge on any atom is -0.476 e. The van der Waals surface area contributed by atoms with Crippen LogP contribution in [-0.2, 0) is 0 Å². The van der Waals surface area contributed by atoms with Crippen molar-refractivity contribution in [2.24, 2.45) is 5.92 Å². The van der Waals surface area contributed by atoms with Crippen molar-refractivity contribution >= 4 is 22.1 Å². The van der Waals surface area contributed by atoms with E-state index in [0.29, 0.717) is 18.4 Å². The van der Waals surface area contributed by atoms with Gasteiger partial charge in [-0.25, -0.2) is 9.50 Å². The number of ether oxygens (including phenoxy) is 1. The fraction of sp³-hybridized carbons (Fsp3) is 0.529. The Hall–Kier alpha value is -2.22. The largest absolute Gasteiger partial charge is 0.476 e. The summed E-state index contributed by atoms with van der Waals surface area (Å²) in [7, 11) is 0. The molecule has 0 bridgehead atoms. The van der Waals surface area contributed by atoms with E-state index in [1.165, 1.54) is 0 Å². The quantitative estimate of drug-likeness (QED) is 0.714. The van der Waals surface area contributed by atoms with E-state index < -0.39 is 0 Å². The fourth-order valence-electron chi connectivity index (χ4n) is 3.12. The zero-order valence-electron chi connectivity index (χ0n) is 14.8. The van der Waals surface area contributed by atoms with E-state index in [-0.39, 0.29) is 0 Å². The lowest BCUT2D eigenvalue weighted by Gasteiger charge is -2.31. The summed E-state index contributed by atoms with van der Waals surface area (Å²) in [4.78, 5) is 6.79. The Bertz CT molecular complexity index is 881. The van der Waals surface area contributed by atoms with Crippen LogP contribution in [0.4, 0.5) is 5.13 Å². The van der Waals surface area contributed by atoms with Gasteiger partial charge in [0.2, 0.25) is 11.0 Å². The molecule has 3 aromatic heterocycles. The van der Waals surface area contributed by atoms with Crippen molar-refractivity contribution in [3.8, 4) is 5.88 Å². The van der Waals surface area contributed by atoms with Crippen molar-refractivity contribution in [1.29, 1.82) is 0 Å². The third-order valence-corrected chi connectivity index (χ3v) is 5.68. The number of hydrogen-bond donors (Lipinski definition) is 0. The van der Waals surface area contributed by atoms with Gasteiger partial charge >= 0.3 is 0 Å². The first-order valence-electron chi connectivity index (χ1n) is 8.61. The number of anilines is 1. The molecule has 0 atom stereocenters. The molecule has 1 saturated heterocycles.